The minimum absolute atomic E-state index is 0.269. The summed E-state index contributed by atoms with van der Waals surface area (Å²) in [6.07, 6.45) is -0.626. The third kappa shape index (κ3) is 5.76. The zero-order valence-corrected chi connectivity index (χ0v) is 20.7. The Morgan fingerprint density at radius 2 is 1.89 bits per heavy atom. The minimum atomic E-state index is -4.80. The molecule has 5 nitrogen and oxygen atoms in total. The molecule has 0 bridgehead atoms. The Kier molecular flexibility index (Phi) is 7.21. The van der Waals surface area contributed by atoms with Crippen LogP contribution >= 0.6 is 0 Å². The fraction of sp³-hybridized carbons (Fsp3) is 0.464. The number of hydrogen-bond donors (Lipinski definition) is 1. The minimum Gasteiger partial charge on any atom is -0.460 e. The van der Waals surface area contributed by atoms with Gasteiger partial charge in [-0.3, -0.25) is 9.63 Å². The van der Waals surface area contributed by atoms with Crippen molar-refractivity contribution in [1.29, 1.82) is 0 Å². The molecule has 1 N–H and O–H groups in total. The molecule has 194 valence electrons. The van der Waals surface area contributed by atoms with Crippen molar-refractivity contribution in [1.82, 2.24) is 5.48 Å². The lowest BCUT2D eigenvalue weighted by molar-refractivity contribution is -0.274. The molecular weight excluding hydrogens is 471 g/mol. The van der Waals surface area contributed by atoms with Gasteiger partial charge in [0.15, 0.2) is 0 Å². The summed E-state index contributed by atoms with van der Waals surface area (Å²) in [5, 5.41) is 0. The molecule has 2 aromatic carbocycles. The van der Waals surface area contributed by atoms with E-state index in [0.717, 1.165) is 12.0 Å². The Morgan fingerprint density at radius 1 is 1.17 bits per heavy atom. The third-order valence-corrected chi connectivity index (χ3v) is 6.79. The van der Waals surface area contributed by atoms with Gasteiger partial charge in [-0.15, -0.1) is 13.2 Å². The van der Waals surface area contributed by atoms with Gasteiger partial charge in [0, 0.05) is 12.3 Å². The van der Waals surface area contributed by atoms with Gasteiger partial charge >= 0.3 is 12.3 Å². The molecule has 0 aromatic heterocycles. The van der Waals surface area contributed by atoms with Crippen LogP contribution < -0.4 is 10.2 Å². The fourth-order valence-corrected chi connectivity index (χ4v) is 5.51. The molecule has 1 unspecified atom stereocenters. The van der Waals surface area contributed by atoms with Crippen molar-refractivity contribution in [3.05, 3.63) is 71.8 Å². The number of esters is 1. The summed E-state index contributed by atoms with van der Waals surface area (Å²) in [6, 6.07) is 13.5. The average Bonchev–Trinajstić information content (AvgIpc) is 3.21. The number of benzene rings is 2. The number of hydrogen-bond acceptors (Lipinski definition) is 5. The van der Waals surface area contributed by atoms with Crippen LogP contribution in [-0.2, 0) is 14.4 Å². The lowest BCUT2D eigenvalue weighted by Gasteiger charge is -2.44. The van der Waals surface area contributed by atoms with E-state index in [1.165, 1.54) is 12.1 Å². The topological polar surface area (TPSA) is 56.8 Å². The molecule has 1 aliphatic heterocycles. The van der Waals surface area contributed by atoms with Gasteiger partial charge in [-0.05, 0) is 68.9 Å². The van der Waals surface area contributed by atoms with Crippen molar-refractivity contribution >= 4 is 12.0 Å². The van der Waals surface area contributed by atoms with E-state index in [9.17, 15) is 18.0 Å². The highest BCUT2D eigenvalue weighted by Crippen LogP contribution is 2.54. The SMILES string of the molecule is C=Cc1ccc(OC(F)(F)F)cc1[C@H]1C[C@@]2(CCCC(C(=O)OC(C)(C)C)[C@H]2c2ccccc2)ON1. The highest BCUT2D eigenvalue weighted by molar-refractivity contribution is 5.75. The molecule has 1 saturated carbocycles. The quantitative estimate of drug-likeness (QED) is 0.452. The van der Waals surface area contributed by atoms with E-state index in [1.807, 2.05) is 51.1 Å². The third-order valence-electron chi connectivity index (χ3n) is 6.79. The second-order valence-corrected chi connectivity index (χ2v) is 10.5. The fourth-order valence-electron chi connectivity index (χ4n) is 5.51. The first kappa shape index (κ1) is 26.2. The van der Waals surface area contributed by atoms with E-state index in [1.54, 1.807) is 12.1 Å². The van der Waals surface area contributed by atoms with E-state index in [4.69, 9.17) is 9.57 Å². The number of rotatable bonds is 5. The maximum atomic E-state index is 13.3. The standard InChI is InChI=1S/C28H32F3NO4/c1-5-18-13-14-20(34-28(29,30)31)16-22(18)23-17-27(36-32-23)15-9-12-21(25(33)35-26(2,3)4)24(27)19-10-7-6-8-11-19/h5-8,10-11,13-14,16,21,23-24,32H,1,9,12,15,17H2,2-4H3/t21?,23-,24-,27-/m1/s1. The van der Waals surface area contributed by atoms with Crippen LogP contribution in [0.4, 0.5) is 13.2 Å². The maximum absolute atomic E-state index is 13.3. The Hall–Kier alpha value is -2.84. The van der Waals surface area contributed by atoms with Crippen LogP contribution in [-0.4, -0.2) is 23.5 Å². The van der Waals surface area contributed by atoms with Crippen molar-refractivity contribution in [3.8, 4) is 5.75 Å². The molecule has 1 spiro atoms. The van der Waals surface area contributed by atoms with Crippen LogP contribution in [0.2, 0.25) is 0 Å². The smallest absolute Gasteiger partial charge is 0.460 e. The molecule has 4 atom stereocenters. The van der Waals surface area contributed by atoms with Gasteiger partial charge in [0.25, 0.3) is 0 Å². The maximum Gasteiger partial charge on any atom is 0.573 e. The van der Waals surface area contributed by atoms with Crippen molar-refractivity contribution < 1.29 is 32.3 Å². The van der Waals surface area contributed by atoms with Gasteiger partial charge in [-0.1, -0.05) is 49.1 Å². The summed E-state index contributed by atoms with van der Waals surface area (Å²) in [5.74, 6) is -1.28. The Bertz CT molecular complexity index is 1100. The molecule has 0 amide bonds. The van der Waals surface area contributed by atoms with Crippen molar-refractivity contribution in [2.45, 2.75) is 76.0 Å². The molecule has 36 heavy (non-hydrogen) atoms. The van der Waals surface area contributed by atoms with Crippen LogP contribution in [0.5, 0.6) is 5.75 Å². The molecule has 8 heteroatoms. The highest BCUT2D eigenvalue weighted by Gasteiger charge is 2.55. The van der Waals surface area contributed by atoms with E-state index in [-0.39, 0.29) is 17.6 Å². The summed E-state index contributed by atoms with van der Waals surface area (Å²) in [5.41, 5.74) is 3.94. The van der Waals surface area contributed by atoms with E-state index in [2.05, 4.69) is 16.8 Å². The van der Waals surface area contributed by atoms with Gasteiger partial charge < -0.3 is 9.47 Å². The number of alkyl halides is 3. The zero-order chi connectivity index (χ0) is 26.1. The Labute approximate surface area is 209 Å². The normalized spacial score (nSPS) is 26.6. The molecule has 1 aliphatic carbocycles. The van der Waals surface area contributed by atoms with E-state index in [0.29, 0.717) is 30.4 Å². The monoisotopic (exact) mass is 503 g/mol. The van der Waals surface area contributed by atoms with Gasteiger partial charge in [-0.2, -0.15) is 5.48 Å². The molecule has 0 radical (unpaired) electrons. The predicted molar refractivity (Wildman–Crippen MR) is 130 cm³/mol. The van der Waals surface area contributed by atoms with Crippen LogP contribution in [0.3, 0.4) is 0 Å². The number of carbonyl (C=O) groups excluding carboxylic acids is 1. The highest BCUT2D eigenvalue weighted by atomic mass is 19.4. The van der Waals surface area contributed by atoms with Gasteiger partial charge in [0.1, 0.15) is 11.4 Å². The lowest BCUT2D eigenvalue weighted by Crippen LogP contribution is -2.47. The molecule has 1 heterocycles. The first-order valence-electron chi connectivity index (χ1n) is 12.1. The lowest BCUT2D eigenvalue weighted by atomic mass is 9.64. The summed E-state index contributed by atoms with van der Waals surface area (Å²) in [4.78, 5) is 19.6. The molecule has 2 fully saturated rings. The van der Waals surface area contributed by atoms with E-state index < -0.39 is 29.5 Å². The zero-order valence-electron chi connectivity index (χ0n) is 20.7. The van der Waals surface area contributed by atoms with Crippen LogP contribution in [0, 0.1) is 5.92 Å². The number of ether oxygens (including phenoxy) is 2. The van der Waals surface area contributed by atoms with Crippen molar-refractivity contribution in [3.63, 3.8) is 0 Å². The average molecular weight is 504 g/mol. The molecule has 4 rings (SSSR count). The van der Waals surface area contributed by atoms with Gasteiger partial charge in [-0.25, -0.2) is 0 Å². The van der Waals surface area contributed by atoms with E-state index >= 15 is 0 Å². The summed E-state index contributed by atoms with van der Waals surface area (Å²) in [6.45, 7) is 9.34. The molecular formula is C28H32F3NO4. The Morgan fingerprint density at radius 3 is 2.53 bits per heavy atom. The Balaban J connectivity index is 1.69. The summed E-state index contributed by atoms with van der Waals surface area (Å²) < 4.78 is 48.6. The van der Waals surface area contributed by atoms with Gasteiger partial charge in [0.2, 0.25) is 0 Å². The second-order valence-electron chi connectivity index (χ2n) is 10.5. The van der Waals surface area contributed by atoms with Crippen LogP contribution in [0.15, 0.2) is 55.1 Å². The predicted octanol–water partition coefficient (Wildman–Crippen LogP) is 6.86. The number of nitrogens with one attached hydrogen (secondary N) is 1. The first-order valence-corrected chi connectivity index (χ1v) is 12.1. The largest absolute Gasteiger partial charge is 0.573 e. The molecule has 1 saturated heterocycles. The number of halogens is 3. The summed E-state index contributed by atoms with van der Waals surface area (Å²) in [7, 11) is 0. The van der Waals surface area contributed by atoms with Crippen LogP contribution in [0.25, 0.3) is 6.08 Å². The van der Waals surface area contributed by atoms with Crippen molar-refractivity contribution in [2.24, 2.45) is 5.92 Å². The second kappa shape index (κ2) is 9.90. The van der Waals surface area contributed by atoms with Crippen LogP contribution in [0.1, 0.15) is 75.1 Å². The molecule has 2 aromatic rings. The number of hydroxylamine groups is 1. The summed E-state index contributed by atoms with van der Waals surface area (Å²) >= 11 is 0. The van der Waals surface area contributed by atoms with Crippen molar-refractivity contribution in [2.75, 3.05) is 0 Å². The first-order chi connectivity index (χ1) is 16.9. The molecule has 2 aliphatic rings. The van der Waals surface area contributed by atoms with Gasteiger partial charge in [0.05, 0.1) is 17.6 Å². The number of carbonyl (C=O) groups is 1.